The molecule has 1 aromatic heterocycles. The highest BCUT2D eigenvalue weighted by Crippen LogP contribution is 2.13. The number of nitrogens with one attached hydrogen (secondary N) is 1. The molecule has 0 fully saturated rings. The zero-order chi connectivity index (χ0) is 13.8. The summed E-state index contributed by atoms with van der Waals surface area (Å²) in [6.07, 6.45) is 0. The molecule has 2 aromatic rings. The van der Waals surface area contributed by atoms with Crippen LogP contribution in [-0.2, 0) is 6.61 Å². The third-order valence-electron chi connectivity index (χ3n) is 2.43. The molecule has 1 aromatic carbocycles. The predicted octanol–water partition coefficient (Wildman–Crippen LogP) is 1.72. The predicted molar refractivity (Wildman–Crippen MR) is 66.0 cm³/mol. The molecule has 3 N–H and O–H groups in total. The van der Waals surface area contributed by atoms with E-state index in [1.54, 1.807) is 24.3 Å². The summed E-state index contributed by atoms with van der Waals surface area (Å²) in [7, 11) is 0. The first-order chi connectivity index (χ1) is 9.10. The highest BCUT2D eigenvalue weighted by molar-refractivity contribution is 6.02. The number of furan rings is 1. The van der Waals surface area contributed by atoms with Gasteiger partial charge in [0.15, 0.2) is 5.76 Å². The van der Waals surface area contributed by atoms with Crippen LogP contribution in [-0.4, -0.2) is 22.1 Å². The van der Waals surface area contributed by atoms with Crippen LogP contribution in [0.5, 0.6) is 0 Å². The first-order valence-corrected chi connectivity index (χ1v) is 5.44. The van der Waals surface area contributed by atoms with Gasteiger partial charge < -0.3 is 19.9 Å². The first kappa shape index (κ1) is 12.8. The molecule has 98 valence electrons. The molecule has 0 spiro atoms. The molecule has 19 heavy (non-hydrogen) atoms. The zero-order valence-electron chi connectivity index (χ0n) is 9.79. The average molecular weight is 261 g/mol. The van der Waals surface area contributed by atoms with Crippen molar-refractivity contribution in [3.05, 3.63) is 53.5 Å². The number of rotatable bonds is 4. The fourth-order valence-electron chi connectivity index (χ4n) is 1.46. The number of amides is 1. The van der Waals surface area contributed by atoms with Crippen LogP contribution in [0.2, 0.25) is 0 Å². The fourth-order valence-corrected chi connectivity index (χ4v) is 1.46. The highest BCUT2D eigenvalue weighted by Gasteiger charge is 2.14. The number of carbonyl (C=O) groups excluding carboxylic acids is 1. The number of anilines is 1. The molecule has 6 heteroatoms. The van der Waals surface area contributed by atoms with Crippen LogP contribution in [0, 0.1) is 0 Å². The Morgan fingerprint density at radius 1 is 1.05 bits per heavy atom. The van der Waals surface area contributed by atoms with Crippen LogP contribution >= 0.6 is 0 Å². The van der Waals surface area contributed by atoms with E-state index in [0.29, 0.717) is 5.69 Å². The number of carbonyl (C=O) groups is 2. The van der Waals surface area contributed by atoms with Gasteiger partial charge in [-0.25, -0.2) is 4.79 Å². The molecule has 0 saturated heterocycles. The lowest BCUT2D eigenvalue weighted by molar-refractivity contribution is 0.0660. The standard InChI is InChI=1S/C13H11NO5/c15-7-8-1-3-9(4-2-8)14-12(16)10-5-6-11(19-10)13(17)18/h1-6,15H,7H2,(H,14,16)(H,17,18). The van der Waals surface area contributed by atoms with Gasteiger partial charge in [-0.2, -0.15) is 0 Å². The number of hydrogen-bond acceptors (Lipinski definition) is 4. The molecule has 1 heterocycles. The molecule has 0 aliphatic rings. The summed E-state index contributed by atoms with van der Waals surface area (Å²) < 4.78 is 4.87. The molecule has 0 aliphatic carbocycles. The molecule has 0 atom stereocenters. The minimum absolute atomic E-state index is 0.0750. The van der Waals surface area contributed by atoms with Gasteiger partial charge in [-0.15, -0.1) is 0 Å². The number of aliphatic hydroxyl groups is 1. The molecule has 1 amide bonds. The summed E-state index contributed by atoms with van der Waals surface area (Å²) in [5, 5.41) is 20.1. The van der Waals surface area contributed by atoms with E-state index in [9.17, 15) is 9.59 Å². The van der Waals surface area contributed by atoms with E-state index in [1.165, 1.54) is 12.1 Å². The molecule has 0 aliphatic heterocycles. The quantitative estimate of drug-likeness (QED) is 0.778. The smallest absolute Gasteiger partial charge is 0.371 e. The van der Waals surface area contributed by atoms with Gasteiger partial charge >= 0.3 is 5.97 Å². The Bertz CT molecular complexity index is 600. The Kier molecular flexibility index (Phi) is 3.63. The number of carboxylic acids is 1. The van der Waals surface area contributed by atoms with E-state index >= 15 is 0 Å². The molecule has 6 nitrogen and oxygen atoms in total. The van der Waals surface area contributed by atoms with Crippen molar-refractivity contribution in [1.82, 2.24) is 0 Å². The summed E-state index contributed by atoms with van der Waals surface area (Å²) in [5.41, 5.74) is 1.25. The van der Waals surface area contributed by atoms with Gasteiger partial charge in [0.1, 0.15) is 0 Å². The van der Waals surface area contributed by atoms with Crippen molar-refractivity contribution in [3.63, 3.8) is 0 Å². The number of carboxylic acid groups (broad SMARTS) is 1. The first-order valence-electron chi connectivity index (χ1n) is 5.44. The van der Waals surface area contributed by atoms with Crippen molar-refractivity contribution >= 4 is 17.6 Å². The maximum atomic E-state index is 11.8. The van der Waals surface area contributed by atoms with Gasteiger partial charge in [-0.1, -0.05) is 12.1 Å². The van der Waals surface area contributed by atoms with Gasteiger partial charge in [0.05, 0.1) is 6.61 Å². The van der Waals surface area contributed by atoms with Crippen molar-refractivity contribution in [1.29, 1.82) is 0 Å². The maximum absolute atomic E-state index is 11.8. The lowest BCUT2D eigenvalue weighted by Gasteiger charge is -2.03. The summed E-state index contributed by atoms with van der Waals surface area (Å²) in [4.78, 5) is 22.4. The Labute approximate surface area is 108 Å². The van der Waals surface area contributed by atoms with E-state index in [1.807, 2.05) is 0 Å². The van der Waals surface area contributed by atoms with Crippen LogP contribution in [0.1, 0.15) is 26.7 Å². The van der Waals surface area contributed by atoms with Crippen molar-refractivity contribution in [3.8, 4) is 0 Å². The van der Waals surface area contributed by atoms with E-state index < -0.39 is 11.9 Å². The molecular formula is C13H11NO5. The van der Waals surface area contributed by atoms with Crippen molar-refractivity contribution in [2.24, 2.45) is 0 Å². The third kappa shape index (κ3) is 2.99. The topological polar surface area (TPSA) is 99.8 Å². The average Bonchev–Trinajstić information content (AvgIpc) is 2.89. The van der Waals surface area contributed by atoms with E-state index in [-0.39, 0.29) is 18.1 Å². The second-order valence-corrected chi connectivity index (χ2v) is 3.78. The van der Waals surface area contributed by atoms with Gasteiger partial charge in [0.2, 0.25) is 5.76 Å². The molecular weight excluding hydrogens is 250 g/mol. The Balaban J connectivity index is 2.08. The van der Waals surface area contributed by atoms with Crippen LogP contribution in [0.4, 0.5) is 5.69 Å². The minimum Gasteiger partial charge on any atom is -0.475 e. The molecule has 0 saturated carbocycles. The minimum atomic E-state index is -1.23. The second kappa shape index (κ2) is 5.36. The van der Waals surface area contributed by atoms with Gasteiger partial charge in [-0.05, 0) is 29.8 Å². The van der Waals surface area contributed by atoms with Crippen LogP contribution in [0.15, 0.2) is 40.8 Å². The Hall–Kier alpha value is -2.60. The Morgan fingerprint density at radius 2 is 1.68 bits per heavy atom. The number of benzene rings is 1. The summed E-state index contributed by atoms with van der Waals surface area (Å²) in [6.45, 7) is -0.0750. The van der Waals surface area contributed by atoms with Crippen molar-refractivity contribution < 1.29 is 24.2 Å². The van der Waals surface area contributed by atoms with Crippen LogP contribution < -0.4 is 5.32 Å². The summed E-state index contributed by atoms with van der Waals surface area (Å²) >= 11 is 0. The van der Waals surface area contributed by atoms with Gasteiger partial charge in [0, 0.05) is 5.69 Å². The van der Waals surface area contributed by atoms with Gasteiger partial charge in [0.25, 0.3) is 5.91 Å². The molecule has 0 bridgehead atoms. The normalized spacial score (nSPS) is 10.2. The number of aromatic carboxylic acids is 1. The van der Waals surface area contributed by atoms with Crippen molar-refractivity contribution in [2.75, 3.05) is 5.32 Å². The SMILES string of the molecule is O=C(O)c1ccc(C(=O)Nc2ccc(CO)cc2)o1. The van der Waals surface area contributed by atoms with Crippen molar-refractivity contribution in [2.45, 2.75) is 6.61 Å². The van der Waals surface area contributed by atoms with E-state index in [4.69, 9.17) is 14.6 Å². The lowest BCUT2D eigenvalue weighted by Crippen LogP contribution is -2.10. The molecule has 2 rings (SSSR count). The summed E-state index contributed by atoms with van der Waals surface area (Å²) in [5.74, 6) is -2.14. The molecule has 0 unspecified atom stereocenters. The number of aliphatic hydroxyl groups excluding tert-OH is 1. The highest BCUT2D eigenvalue weighted by atomic mass is 16.4. The summed E-state index contributed by atoms with van der Waals surface area (Å²) in [6, 6.07) is 9.10. The molecule has 0 radical (unpaired) electrons. The van der Waals surface area contributed by atoms with Gasteiger partial charge in [-0.3, -0.25) is 4.79 Å². The second-order valence-electron chi connectivity index (χ2n) is 3.78. The van der Waals surface area contributed by atoms with E-state index in [0.717, 1.165) is 5.56 Å². The van der Waals surface area contributed by atoms with E-state index in [2.05, 4.69) is 5.32 Å². The largest absolute Gasteiger partial charge is 0.475 e. The van der Waals surface area contributed by atoms with Crippen LogP contribution in [0.25, 0.3) is 0 Å². The Morgan fingerprint density at radius 3 is 2.21 bits per heavy atom. The zero-order valence-corrected chi connectivity index (χ0v) is 9.79. The monoisotopic (exact) mass is 261 g/mol. The third-order valence-corrected chi connectivity index (χ3v) is 2.43. The number of hydrogen-bond donors (Lipinski definition) is 3. The fraction of sp³-hybridized carbons (Fsp3) is 0.0769. The van der Waals surface area contributed by atoms with Crippen LogP contribution in [0.3, 0.4) is 0 Å². The lowest BCUT2D eigenvalue weighted by atomic mass is 10.2. The maximum Gasteiger partial charge on any atom is 0.371 e.